The molecule has 1 saturated carbocycles. The van der Waals surface area contributed by atoms with Crippen LogP contribution in [0.5, 0.6) is 0 Å². The van der Waals surface area contributed by atoms with Crippen LogP contribution in [0.2, 0.25) is 0 Å². The Kier molecular flexibility index (Phi) is 6.61. The average Bonchev–Trinajstić information content (AvgIpc) is 2.82. The molecule has 3 heteroatoms. The minimum Gasteiger partial charge on any atom is -0.383 e. The molecule has 0 aliphatic heterocycles. The Labute approximate surface area is 113 Å². The maximum Gasteiger partial charge on any atom is 0.0656 e. The van der Waals surface area contributed by atoms with Gasteiger partial charge >= 0.3 is 0 Å². The zero-order valence-corrected chi connectivity index (χ0v) is 12.7. The third-order valence-electron chi connectivity index (χ3n) is 4.30. The topological polar surface area (TPSA) is 38.5 Å². The van der Waals surface area contributed by atoms with Crippen molar-refractivity contribution < 1.29 is 4.74 Å². The Morgan fingerprint density at radius 3 is 2.39 bits per heavy atom. The van der Waals surface area contributed by atoms with E-state index in [0.29, 0.717) is 12.6 Å². The van der Waals surface area contributed by atoms with Crippen LogP contribution in [0.3, 0.4) is 0 Å². The number of ether oxygens (including phenoxy) is 1. The van der Waals surface area contributed by atoms with Crippen molar-refractivity contribution in [3.05, 3.63) is 0 Å². The second-order valence-electron chi connectivity index (χ2n) is 6.45. The number of nitrogens with two attached hydrogens (primary N) is 1. The van der Waals surface area contributed by atoms with Crippen LogP contribution in [0.1, 0.15) is 52.9 Å². The van der Waals surface area contributed by atoms with Gasteiger partial charge in [-0.25, -0.2) is 0 Å². The van der Waals surface area contributed by atoms with Crippen LogP contribution in [0.4, 0.5) is 0 Å². The normalized spacial score (nSPS) is 20.8. The molecule has 1 atom stereocenters. The minimum absolute atomic E-state index is 0.00134. The Morgan fingerprint density at radius 2 is 1.94 bits per heavy atom. The lowest BCUT2D eigenvalue weighted by atomic mass is 9.96. The molecule has 0 aromatic carbocycles. The SMILES string of the molecule is COCC(C)(CN)N(CCC(C)C)C1CCCC1. The predicted molar refractivity (Wildman–Crippen MR) is 77.8 cm³/mol. The van der Waals surface area contributed by atoms with E-state index in [9.17, 15) is 0 Å². The highest BCUT2D eigenvalue weighted by Crippen LogP contribution is 2.30. The summed E-state index contributed by atoms with van der Waals surface area (Å²) in [4.78, 5) is 2.64. The van der Waals surface area contributed by atoms with Crippen molar-refractivity contribution in [3.63, 3.8) is 0 Å². The summed E-state index contributed by atoms with van der Waals surface area (Å²) in [5, 5.41) is 0. The van der Waals surface area contributed by atoms with E-state index in [-0.39, 0.29) is 5.54 Å². The molecule has 0 aromatic heterocycles. The lowest BCUT2D eigenvalue weighted by Gasteiger charge is -2.44. The first kappa shape index (κ1) is 15.9. The largest absolute Gasteiger partial charge is 0.383 e. The molecule has 1 aliphatic carbocycles. The van der Waals surface area contributed by atoms with Gasteiger partial charge in [-0.15, -0.1) is 0 Å². The van der Waals surface area contributed by atoms with Gasteiger partial charge in [0.05, 0.1) is 12.1 Å². The highest BCUT2D eigenvalue weighted by molar-refractivity contribution is 4.93. The fourth-order valence-corrected chi connectivity index (χ4v) is 3.08. The average molecular weight is 256 g/mol. The van der Waals surface area contributed by atoms with Crippen molar-refractivity contribution in [2.24, 2.45) is 11.7 Å². The fraction of sp³-hybridized carbons (Fsp3) is 1.00. The molecule has 1 aliphatic rings. The van der Waals surface area contributed by atoms with Crippen LogP contribution in [0.25, 0.3) is 0 Å². The molecule has 0 saturated heterocycles. The van der Waals surface area contributed by atoms with Gasteiger partial charge in [0.25, 0.3) is 0 Å². The highest BCUT2D eigenvalue weighted by atomic mass is 16.5. The number of nitrogens with zero attached hydrogens (tertiary/aromatic N) is 1. The van der Waals surface area contributed by atoms with Gasteiger partial charge < -0.3 is 10.5 Å². The van der Waals surface area contributed by atoms with Gasteiger partial charge in [0, 0.05) is 19.7 Å². The van der Waals surface area contributed by atoms with Crippen LogP contribution in [-0.4, -0.2) is 43.3 Å². The van der Waals surface area contributed by atoms with Crippen LogP contribution in [0, 0.1) is 5.92 Å². The van der Waals surface area contributed by atoms with E-state index in [1.54, 1.807) is 7.11 Å². The van der Waals surface area contributed by atoms with Gasteiger partial charge in [-0.1, -0.05) is 26.7 Å². The van der Waals surface area contributed by atoms with E-state index < -0.39 is 0 Å². The summed E-state index contributed by atoms with van der Waals surface area (Å²) >= 11 is 0. The third-order valence-corrected chi connectivity index (χ3v) is 4.30. The lowest BCUT2D eigenvalue weighted by Crippen LogP contribution is -2.58. The minimum atomic E-state index is -0.00134. The summed E-state index contributed by atoms with van der Waals surface area (Å²) in [7, 11) is 1.78. The quantitative estimate of drug-likeness (QED) is 0.725. The molecule has 108 valence electrons. The van der Waals surface area contributed by atoms with Crippen molar-refractivity contribution in [1.82, 2.24) is 4.90 Å². The Morgan fingerprint density at radius 1 is 1.33 bits per heavy atom. The molecule has 0 heterocycles. The van der Waals surface area contributed by atoms with Crippen LogP contribution >= 0.6 is 0 Å². The molecular weight excluding hydrogens is 224 g/mol. The van der Waals surface area contributed by atoms with E-state index in [0.717, 1.165) is 19.1 Å². The molecule has 0 bridgehead atoms. The number of hydrogen-bond donors (Lipinski definition) is 1. The van der Waals surface area contributed by atoms with Gasteiger partial charge in [0.2, 0.25) is 0 Å². The smallest absolute Gasteiger partial charge is 0.0656 e. The first-order valence-corrected chi connectivity index (χ1v) is 7.49. The first-order valence-electron chi connectivity index (χ1n) is 7.49. The summed E-state index contributed by atoms with van der Waals surface area (Å²) in [6.07, 6.45) is 6.65. The van der Waals surface area contributed by atoms with E-state index in [2.05, 4.69) is 25.7 Å². The van der Waals surface area contributed by atoms with Gasteiger partial charge in [-0.3, -0.25) is 4.90 Å². The van der Waals surface area contributed by atoms with Crippen LogP contribution in [0.15, 0.2) is 0 Å². The Bertz CT molecular complexity index is 227. The number of hydrogen-bond acceptors (Lipinski definition) is 3. The van der Waals surface area contributed by atoms with Crippen molar-refractivity contribution >= 4 is 0 Å². The molecular formula is C15H32N2O. The van der Waals surface area contributed by atoms with Gasteiger partial charge in [-0.05, 0) is 38.6 Å². The summed E-state index contributed by atoms with van der Waals surface area (Å²) in [6.45, 7) is 9.41. The molecule has 3 nitrogen and oxygen atoms in total. The molecule has 0 radical (unpaired) electrons. The third kappa shape index (κ3) is 4.22. The molecule has 2 N–H and O–H groups in total. The maximum atomic E-state index is 6.05. The summed E-state index contributed by atoms with van der Waals surface area (Å²) in [5.41, 5.74) is 6.04. The van der Waals surface area contributed by atoms with Crippen molar-refractivity contribution in [2.75, 3.05) is 26.8 Å². The van der Waals surface area contributed by atoms with Crippen molar-refractivity contribution in [2.45, 2.75) is 64.5 Å². The molecule has 1 fully saturated rings. The summed E-state index contributed by atoms with van der Waals surface area (Å²) in [6, 6.07) is 0.715. The highest BCUT2D eigenvalue weighted by Gasteiger charge is 2.36. The zero-order valence-electron chi connectivity index (χ0n) is 12.7. The number of methoxy groups -OCH3 is 1. The van der Waals surface area contributed by atoms with Crippen molar-refractivity contribution in [3.8, 4) is 0 Å². The molecule has 1 unspecified atom stereocenters. The second kappa shape index (κ2) is 7.46. The molecule has 0 aromatic rings. The molecule has 0 amide bonds. The summed E-state index contributed by atoms with van der Waals surface area (Å²) in [5.74, 6) is 0.749. The maximum absolute atomic E-state index is 6.05. The lowest BCUT2D eigenvalue weighted by molar-refractivity contribution is -0.00231. The fourth-order valence-electron chi connectivity index (χ4n) is 3.08. The van der Waals surface area contributed by atoms with E-state index in [1.807, 2.05) is 0 Å². The molecule has 1 rings (SSSR count). The van der Waals surface area contributed by atoms with E-state index >= 15 is 0 Å². The van der Waals surface area contributed by atoms with Gasteiger partial charge in [0.1, 0.15) is 0 Å². The monoisotopic (exact) mass is 256 g/mol. The molecule has 18 heavy (non-hydrogen) atoms. The first-order chi connectivity index (χ1) is 8.53. The number of rotatable bonds is 8. The standard InChI is InChI=1S/C15H32N2O/c1-13(2)9-10-17(14-7-5-6-8-14)15(3,11-16)12-18-4/h13-14H,5-12,16H2,1-4H3. The second-order valence-corrected chi connectivity index (χ2v) is 6.45. The van der Waals surface area contributed by atoms with E-state index in [4.69, 9.17) is 10.5 Å². The van der Waals surface area contributed by atoms with Gasteiger partial charge in [0.15, 0.2) is 0 Å². The molecule has 0 spiro atoms. The Balaban J connectivity index is 2.72. The predicted octanol–water partition coefficient (Wildman–Crippen LogP) is 2.64. The van der Waals surface area contributed by atoms with Crippen molar-refractivity contribution in [1.29, 1.82) is 0 Å². The Hall–Kier alpha value is -0.120. The van der Waals surface area contributed by atoms with Crippen LogP contribution < -0.4 is 5.73 Å². The van der Waals surface area contributed by atoms with Crippen LogP contribution in [-0.2, 0) is 4.74 Å². The van der Waals surface area contributed by atoms with E-state index in [1.165, 1.54) is 32.1 Å². The summed E-state index contributed by atoms with van der Waals surface area (Å²) < 4.78 is 5.42. The van der Waals surface area contributed by atoms with Gasteiger partial charge in [-0.2, -0.15) is 0 Å². The zero-order chi connectivity index (χ0) is 13.6.